The summed E-state index contributed by atoms with van der Waals surface area (Å²) in [6.45, 7) is 1.90. The van der Waals surface area contributed by atoms with Gasteiger partial charge in [0.15, 0.2) is 11.5 Å². The number of ether oxygens (including phenoxy) is 2. The summed E-state index contributed by atoms with van der Waals surface area (Å²) in [5.41, 5.74) is 6.55. The van der Waals surface area contributed by atoms with E-state index >= 15 is 0 Å². The summed E-state index contributed by atoms with van der Waals surface area (Å²) >= 11 is 6.34. The molecule has 194 valence electrons. The van der Waals surface area contributed by atoms with Crippen LogP contribution in [0, 0.1) is 18.8 Å². The van der Waals surface area contributed by atoms with E-state index in [2.05, 4.69) is 10.6 Å². The molecule has 2 fully saturated rings. The van der Waals surface area contributed by atoms with Crippen molar-refractivity contribution in [3.63, 3.8) is 0 Å². The summed E-state index contributed by atoms with van der Waals surface area (Å²) in [6.07, 6.45) is 0.166. The summed E-state index contributed by atoms with van der Waals surface area (Å²) in [7, 11) is 3.07. The normalized spacial score (nSPS) is 25.9. The van der Waals surface area contributed by atoms with Gasteiger partial charge in [-0.1, -0.05) is 17.7 Å². The fourth-order valence-electron chi connectivity index (χ4n) is 5.98. The van der Waals surface area contributed by atoms with Crippen molar-refractivity contribution in [2.75, 3.05) is 26.1 Å². The third kappa shape index (κ3) is 3.74. The monoisotopic (exact) mass is 526 g/mol. The smallest absolute Gasteiger partial charge is 0.250 e. The highest BCUT2D eigenvalue weighted by molar-refractivity contribution is 6.31. The Kier molecular flexibility index (Phi) is 6.12. The Morgan fingerprint density at radius 2 is 1.84 bits per heavy atom. The minimum absolute atomic E-state index is 0.0998. The van der Waals surface area contributed by atoms with Gasteiger partial charge < -0.3 is 20.5 Å². The van der Waals surface area contributed by atoms with Gasteiger partial charge in [0.05, 0.1) is 26.1 Å². The van der Waals surface area contributed by atoms with Gasteiger partial charge >= 0.3 is 0 Å². The van der Waals surface area contributed by atoms with E-state index in [1.165, 1.54) is 19.1 Å². The molecule has 1 spiro atoms. The Labute approximate surface area is 218 Å². The number of anilines is 1. The first-order valence-electron chi connectivity index (χ1n) is 11.9. The van der Waals surface area contributed by atoms with Crippen molar-refractivity contribution in [1.82, 2.24) is 10.2 Å². The average Bonchev–Trinajstić information content (AvgIpc) is 3.42. The van der Waals surface area contributed by atoms with Crippen LogP contribution in [0.15, 0.2) is 30.3 Å². The largest absolute Gasteiger partial charge is 0.493 e. The number of nitrogens with two attached hydrogens (primary N) is 1. The lowest BCUT2D eigenvalue weighted by Crippen LogP contribution is -2.53. The van der Waals surface area contributed by atoms with Crippen molar-refractivity contribution in [3.05, 3.63) is 52.0 Å². The van der Waals surface area contributed by atoms with E-state index < -0.39 is 47.0 Å². The van der Waals surface area contributed by atoms with Crippen LogP contribution in [0.1, 0.15) is 23.1 Å². The molecule has 37 heavy (non-hydrogen) atoms. The number of fused-ring (bicyclic) bond motifs is 4. The van der Waals surface area contributed by atoms with Gasteiger partial charge in [0, 0.05) is 35.3 Å². The Hall–Kier alpha value is -3.63. The second kappa shape index (κ2) is 9.04. The third-order valence-electron chi connectivity index (χ3n) is 7.57. The molecule has 0 aromatic heterocycles. The minimum Gasteiger partial charge on any atom is -0.493 e. The van der Waals surface area contributed by atoms with Crippen molar-refractivity contribution < 1.29 is 28.7 Å². The lowest BCUT2D eigenvalue weighted by Gasteiger charge is -2.29. The number of halogens is 1. The van der Waals surface area contributed by atoms with Crippen LogP contribution >= 0.6 is 11.6 Å². The molecule has 11 heteroatoms. The van der Waals surface area contributed by atoms with Crippen molar-refractivity contribution in [2.24, 2.45) is 17.6 Å². The molecule has 5 rings (SSSR count). The van der Waals surface area contributed by atoms with E-state index in [1.807, 2.05) is 6.07 Å². The maximum absolute atomic E-state index is 13.9. The molecule has 0 bridgehead atoms. The molecule has 0 saturated carbocycles. The maximum atomic E-state index is 13.9. The molecule has 2 saturated heterocycles. The molecule has 4 N–H and O–H groups in total. The number of hydrogen-bond donors (Lipinski definition) is 3. The molecule has 3 aliphatic rings. The Balaban J connectivity index is 1.51. The molecule has 2 aromatic rings. The van der Waals surface area contributed by atoms with Crippen LogP contribution in [0.4, 0.5) is 5.69 Å². The zero-order valence-electron chi connectivity index (χ0n) is 20.6. The Morgan fingerprint density at radius 1 is 1.11 bits per heavy atom. The average molecular weight is 527 g/mol. The molecule has 4 amide bonds. The van der Waals surface area contributed by atoms with Crippen LogP contribution in [0.25, 0.3) is 0 Å². The van der Waals surface area contributed by atoms with Gasteiger partial charge in [-0.05, 0) is 48.7 Å². The van der Waals surface area contributed by atoms with Gasteiger partial charge in [-0.25, -0.2) is 0 Å². The second-order valence-electron chi connectivity index (χ2n) is 9.60. The van der Waals surface area contributed by atoms with E-state index in [-0.39, 0.29) is 13.0 Å². The lowest BCUT2D eigenvalue weighted by atomic mass is 9.76. The van der Waals surface area contributed by atoms with E-state index in [0.29, 0.717) is 34.2 Å². The molecule has 3 heterocycles. The Bertz CT molecular complexity index is 1350. The molecule has 10 nitrogen and oxygen atoms in total. The SMILES string of the molecule is COc1ccc(CCN2C(=O)[C@H]3[C@@H](C2=O)[C@@]2(N[C@@H]3CC(N)=O)C(=O)Nc3c(C)cc(Cl)cc32)cc1OC. The zero-order chi connectivity index (χ0) is 26.6. The van der Waals surface area contributed by atoms with Crippen LogP contribution in [0.2, 0.25) is 5.02 Å². The van der Waals surface area contributed by atoms with Gasteiger partial charge in [0.1, 0.15) is 5.54 Å². The van der Waals surface area contributed by atoms with Gasteiger partial charge in [0.2, 0.25) is 23.6 Å². The van der Waals surface area contributed by atoms with E-state index in [4.69, 9.17) is 26.8 Å². The first kappa shape index (κ1) is 25.0. The number of aryl methyl sites for hydroxylation is 1. The number of likely N-dealkylation sites (tertiary alicyclic amines) is 1. The van der Waals surface area contributed by atoms with Crippen LogP contribution in [0.3, 0.4) is 0 Å². The standard InChI is InChI=1S/C26H27ClN4O6/c1-12-8-14(27)10-15-22(12)29-25(35)26(15)21-20(16(30-26)11-19(28)32)23(33)31(24(21)34)7-6-13-4-5-17(36-2)18(9-13)37-3/h4-5,8-10,16,20-21,30H,6-7,11H2,1-3H3,(H2,28,32)(H,29,35)/t16-,20-,21+,26-/m1/s1. The van der Waals surface area contributed by atoms with Crippen molar-refractivity contribution in [3.8, 4) is 11.5 Å². The summed E-state index contributed by atoms with van der Waals surface area (Å²) in [4.78, 5) is 54.1. The highest BCUT2D eigenvalue weighted by atomic mass is 35.5. The molecule has 0 unspecified atom stereocenters. The third-order valence-corrected chi connectivity index (χ3v) is 7.79. The number of carbonyl (C=O) groups excluding carboxylic acids is 4. The number of imide groups is 1. The minimum atomic E-state index is -1.54. The summed E-state index contributed by atoms with van der Waals surface area (Å²) in [5, 5.41) is 6.43. The van der Waals surface area contributed by atoms with Crippen molar-refractivity contribution in [2.45, 2.75) is 31.3 Å². The van der Waals surface area contributed by atoms with Gasteiger partial charge in [-0.2, -0.15) is 0 Å². The topological polar surface area (TPSA) is 140 Å². The number of amides is 4. The summed E-state index contributed by atoms with van der Waals surface area (Å²) in [5.74, 6) is -2.89. The number of nitrogens with zero attached hydrogens (tertiary/aromatic N) is 1. The summed E-state index contributed by atoms with van der Waals surface area (Å²) in [6, 6.07) is 7.92. The number of carbonyl (C=O) groups is 4. The molecular formula is C26H27ClN4O6. The fourth-order valence-corrected chi connectivity index (χ4v) is 6.26. The number of hydrogen-bond acceptors (Lipinski definition) is 7. The number of methoxy groups -OCH3 is 2. The molecule has 0 radical (unpaired) electrons. The first-order valence-corrected chi connectivity index (χ1v) is 12.2. The van der Waals surface area contributed by atoms with Crippen LogP contribution in [0.5, 0.6) is 11.5 Å². The first-order chi connectivity index (χ1) is 17.6. The van der Waals surface area contributed by atoms with E-state index in [0.717, 1.165) is 11.1 Å². The number of benzene rings is 2. The maximum Gasteiger partial charge on any atom is 0.250 e. The molecular weight excluding hydrogens is 500 g/mol. The zero-order valence-corrected chi connectivity index (χ0v) is 21.3. The van der Waals surface area contributed by atoms with Crippen LogP contribution in [-0.4, -0.2) is 55.3 Å². The molecule has 0 aliphatic carbocycles. The Morgan fingerprint density at radius 3 is 2.51 bits per heavy atom. The number of primary amides is 1. The quantitative estimate of drug-likeness (QED) is 0.464. The summed E-state index contributed by atoms with van der Waals surface area (Å²) < 4.78 is 10.6. The van der Waals surface area contributed by atoms with Gasteiger partial charge in [-0.15, -0.1) is 0 Å². The highest BCUT2D eigenvalue weighted by Gasteiger charge is 2.70. The highest BCUT2D eigenvalue weighted by Crippen LogP contribution is 2.54. The van der Waals surface area contributed by atoms with Crippen molar-refractivity contribution >= 4 is 40.9 Å². The van der Waals surface area contributed by atoms with Gasteiger partial charge in [-0.3, -0.25) is 29.4 Å². The lowest BCUT2D eigenvalue weighted by molar-refractivity contribution is -0.142. The predicted molar refractivity (Wildman–Crippen MR) is 134 cm³/mol. The second-order valence-corrected chi connectivity index (χ2v) is 10.0. The van der Waals surface area contributed by atoms with E-state index in [9.17, 15) is 19.2 Å². The molecule has 4 atom stereocenters. The van der Waals surface area contributed by atoms with Gasteiger partial charge in [0.25, 0.3) is 0 Å². The number of nitrogens with one attached hydrogen (secondary N) is 2. The molecule has 2 aromatic carbocycles. The predicted octanol–water partition coefficient (Wildman–Crippen LogP) is 1.50. The van der Waals surface area contributed by atoms with Crippen molar-refractivity contribution in [1.29, 1.82) is 0 Å². The molecule has 3 aliphatic heterocycles. The van der Waals surface area contributed by atoms with Crippen LogP contribution in [-0.2, 0) is 31.1 Å². The fraction of sp³-hybridized carbons (Fsp3) is 0.385. The number of rotatable bonds is 7. The van der Waals surface area contributed by atoms with E-state index in [1.54, 1.807) is 31.2 Å². The van der Waals surface area contributed by atoms with Crippen LogP contribution < -0.4 is 25.8 Å².